The Labute approximate surface area is 98.6 Å². The fraction of sp³-hybridized carbons (Fsp3) is 0.375. The number of hydrogen-bond acceptors (Lipinski definition) is 4. The average molecular weight is 288 g/mol. The van der Waals surface area contributed by atoms with Crippen molar-refractivity contribution >= 4 is 27.1 Å². The first kappa shape index (κ1) is 14.0. The molecule has 0 aliphatic heterocycles. The van der Waals surface area contributed by atoms with Gasteiger partial charge in [0.25, 0.3) is 0 Å². The van der Waals surface area contributed by atoms with Gasteiger partial charge < -0.3 is 5.11 Å². The second-order valence-electron chi connectivity index (χ2n) is 3.15. The van der Waals surface area contributed by atoms with E-state index in [1.165, 1.54) is 11.4 Å². The monoisotopic (exact) mass is 288 g/mol. The molecular formula is C8H7F3O4S2. The van der Waals surface area contributed by atoms with Gasteiger partial charge in [0.2, 0.25) is 0 Å². The van der Waals surface area contributed by atoms with Crippen LogP contribution in [0.1, 0.15) is 0 Å². The number of thiophene rings is 1. The van der Waals surface area contributed by atoms with E-state index in [0.717, 1.165) is 17.4 Å². The average Bonchev–Trinajstić information content (AvgIpc) is 2.65. The van der Waals surface area contributed by atoms with Crippen LogP contribution in [0.5, 0.6) is 0 Å². The van der Waals surface area contributed by atoms with Crippen molar-refractivity contribution in [3.8, 4) is 0 Å². The van der Waals surface area contributed by atoms with Gasteiger partial charge in [0, 0.05) is 0 Å². The van der Waals surface area contributed by atoms with Gasteiger partial charge in [-0.25, -0.2) is 8.42 Å². The fourth-order valence-electron chi connectivity index (χ4n) is 1.05. The molecule has 9 heteroatoms. The normalized spacial score (nSPS) is 14.5. The topological polar surface area (TPSA) is 71.4 Å². The van der Waals surface area contributed by atoms with Crippen LogP contribution in [-0.2, 0) is 14.6 Å². The summed E-state index contributed by atoms with van der Waals surface area (Å²) < 4.78 is 59.6. The van der Waals surface area contributed by atoms with Crippen LogP contribution in [0.15, 0.2) is 21.7 Å². The molecule has 0 aliphatic carbocycles. The third kappa shape index (κ3) is 3.43. The molecule has 0 saturated heterocycles. The summed E-state index contributed by atoms with van der Waals surface area (Å²) in [5.74, 6) is -6.58. The van der Waals surface area contributed by atoms with E-state index < -0.39 is 33.7 Å². The Morgan fingerprint density at radius 2 is 2.06 bits per heavy atom. The first-order valence-corrected chi connectivity index (χ1v) is 6.73. The molecule has 0 spiro atoms. The minimum Gasteiger partial charge on any atom is -0.481 e. The van der Waals surface area contributed by atoms with Crippen LogP contribution in [0.25, 0.3) is 0 Å². The molecule has 0 aromatic carbocycles. The van der Waals surface area contributed by atoms with E-state index >= 15 is 0 Å². The zero-order valence-corrected chi connectivity index (χ0v) is 9.77. The first-order chi connectivity index (χ1) is 7.64. The van der Waals surface area contributed by atoms with Crippen LogP contribution >= 0.6 is 11.3 Å². The van der Waals surface area contributed by atoms with Crippen LogP contribution in [-0.4, -0.2) is 31.4 Å². The predicted octanol–water partition coefficient (Wildman–Crippen LogP) is 1.78. The van der Waals surface area contributed by atoms with Crippen molar-refractivity contribution in [2.24, 2.45) is 5.92 Å². The lowest BCUT2D eigenvalue weighted by Crippen LogP contribution is -2.36. The van der Waals surface area contributed by atoms with Crippen LogP contribution in [0.4, 0.5) is 13.2 Å². The van der Waals surface area contributed by atoms with Crippen molar-refractivity contribution in [2.45, 2.75) is 10.4 Å². The maximum absolute atomic E-state index is 12.3. The van der Waals surface area contributed by atoms with Crippen molar-refractivity contribution < 1.29 is 31.5 Å². The molecular weight excluding hydrogens is 281 g/mol. The van der Waals surface area contributed by atoms with Crippen LogP contribution < -0.4 is 0 Å². The number of sulfone groups is 1. The molecule has 1 rings (SSSR count). The van der Waals surface area contributed by atoms with Gasteiger partial charge in [0.15, 0.2) is 15.8 Å². The summed E-state index contributed by atoms with van der Waals surface area (Å²) in [5.41, 5.74) is 0. The zero-order chi connectivity index (χ0) is 13.3. The SMILES string of the molecule is O=C(O)C(CS(=O)(=O)c1cccs1)C(F)(F)F. The summed E-state index contributed by atoms with van der Waals surface area (Å²) in [7, 11) is -4.23. The fourth-order valence-corrected chi connectivity index (χ4v) is 3.67. The summed E-state index contributed by atoms with van der Waals surface area (Å²) in [6.45, 7) is 0. The summed E-state index contributed by atoms with van der Waals surface area (Å²) in [5, 5.41) is 9.77. The summed E-state index contributed by atoms with van der Waals surface area (Å²) in [6, 6.07) is 2.50. The quantitative estimate of drug-likeness (QED) is 0.916. The lowest BCUT2D eigenvalue weighted by molar-refractivity contribution is -0.189. The minimum atomic E-state index is -5.09. The van der Waals surface area contributed by atoms with Gasteiger partial charge >= 0.3 is 12.1 Å². The van der Waals surface area contributed by atoms with Crippen molar-refractivity contribution in [3.63, 3.8) is 0 Å². The Kier molecular flexibility index (Phi) is 3.82. The maximum atomic E-state index is 12.3. The number of alkyl halides is 3. The molecule has 4 nitrogen and oxygen atoms in total. The molecule has 1 unspecified atom stereocenters. The predicted molar refractivity (Wildman–Crippen MR) is 53.6 cm³/mol. The molecule has 0 amide bonds. The molecule has 0 aliphatic rings. The zero-order valence-electron chi connectivity index (χ0n) is 8.14. The van der Waals surface area contributed by atoms with E-state index in [1.807, 2.05) is 0 Å². The second kappa shape index (κ2) is 4.65. The molecule has 1 aromatic rings. The van der Waals surface area contributed by atoms with Gasteiger partial charge in [-0.1, -0.05) is 6.07 Å². The van der Waals surface area contributed by atoms with Crippen LogP contribution in [0.3, 0.4) is 0 Å². The summed E-state index contributed by atoms with van der Waals surface area (Å²) in [6.07, 6.45) is -5.09. The number of hydrogen-bond donors (Lipinski definition) is 1. The van der Waals surface area contributed by atoms with Crippen LogP contribution in [0.2, 0.25) is 0 Å². The number of carboxylic acid groups (broad SMARTS) is 1. The molecule has 1 atom stereocenters. The molecule has 0 radical (unpaired) electrons. The van der Waals surface area contributed by atoms with Gasteiger partial charge in [-0.3, -0.25) is 4.79 Å². The van der Waals surface area contributed by atoms with Crippen molar-refractivity contribution in [1.29, 1.82) is 0 Å². The highest BCUT2D eigenvalue weighted by Gasteiger charge is 2.47. The molecule has 96 valence electrons. The molecule has 0 fully saturated rings. The Bertz CT molecular complexity index is 489. The second-order valence-corrected chi connectivity index (χ2v) is 6.35. The standard InChI is InChI=1S/C8H7F3O4S2/c9-8(10,11)5(7(12)13)4-17(14,15)6-2-1-3-16-6/h1-3,5H,4H2,(H,12,13). The first-order valence-electron chi connectivity index (χ1n) is 4.20. The molecule has 17 heavy (non-hydrogen) atoms. The Balaban J connectivity index is 3.01. The summed E-state index contributed by atoms with van der Waals surface area (Å²) in [4.78, 5) is 10.4. The van der Waals surface area contributed by atoms with E-state index in [1.54, 1.807) is 0 Å². The van der Waals surface area contributed by atoms with E-state index in [9.17, 15) is 26.4 Å². The highest BCUT2D eigenvalue weighted by Crippen LogP contribution is 2.30. The van der Waals surface area contributed by atoms with E-state index in [4.69, 9.17) is 5.11 Å². The minimum absolute atomic E-state index is 0.270. The van der Waals surface area contributed by atoms with Crippen molar-refractivity contribution in [1.82, 2.24) is 0 Å². The van der Waals surface area contributed by atoms with Crippen molar-refractivity contribution in [3.05, 3.63) is 17.5 Å². The maximum Gasteiger partial charge on any atom is 0.403 e. The Morgan fingerprint density at radius 3 is 2.41 bits per heavy atom. The molecule has 1 heterocycles. The number of aliphatic carboxylic acids is 1. The van der Waals surface area contributed by atoms with E-state index in [2.05, 4.69) is 0 Å². The smallest absolute Gasteiger partial charge is 0.403 e. The van der Waals surface area contributed by atoms with Crippen molar-refractivity contribution in [2.75, 3.05) is 5.75 Å². The molecule has 1 aromatic heterocycles. The van der Waals surface area contributed by atoms with Gasteiger partial charge in [0.05, 0.1) is 5.75 Å². The van der Waals surface area contributed by atoms with Crippen LogP contribution in [0, 0.1) is 5.92 Å². The third-order valence-corrected chi connectivity index (χ3v) is 5.11. The van der Waals surface area contributed by atoms with Gasteiger partial charge in [-0.05, 0) is 11.4 Å². The third-order valence-electron chi connectivity index (χ3n) is 1.88. The number of carbonyl (C=O) groups is 1. The Hall–Kier alpha value is -1.09. The van der Waals surface area contributed by atoms with E-state index in [-0.39, 0.29) is 4.21 Å². The van der Waals surface area contributed by atoms with E-state index in [0.29, 0.717) is 0 Å². The lowest BCUT2D eigenvalue weighted by Gasteiger charge is -2.15. The Morgan fingerprint density at radius 1 is 1.47 bits per heavy atom. The van der Waals surface area contributed by atoms with Gasteiger partial charge in [-0.2, -0.15) is 13.2 Å². The number of carboxylic acids is 1. The molecule has 1 N–H and O–H groups in total. The van der Waals surface area contributed by atoms with Gasteiger partial charge in [-0.15, -0.1) is 11.3 Å². The summed E-state index contributed by atoms with van der Waals surface area (Å²) >= 11 is 0.746. The highest BCUT2D eigenvalue weighted by molar-refractivity contribution is 7.93. The lowest BCUT2D eigenvalue weighted by atomic mass is 10.2. The molecule has 0 saturated carbocycles. The van der Waals surface area contributed by atoms with Gasteiger partial charge in [0.1, 0.15) is 4.21 Å². The number of halogens is 3. The highest BCUT2D eigenvalue weighted by atomic mass is 32.2. The number of rotatable bonds is 4. The molecule has 0 bridgehead atoms. The largest absolute Gasteiger partial charge is 0.481 e.